The fraction of sp³-hybridized carbons (Fsp3) is 0.353. The SMILES string of the molecule is CCCn1c(N2CCC(Cc3ccccc3)CC2)c(/C=C2/SC(=S)N(CCc3ccccc3)C2=O)c(C)c(C#N)c1=O. The third-order valence-electron chi connectivity index (χ3n) is 8.19. The van der Waals surface area contributed by atoms with Crippen LogP contribution in [0.5, 0.6) is 0 Å². The highest BCUT2D eigenvalue weighted by Crippen LogP contribution is 2.37. The van der Waals surface area contributed by atoms with Crippen LogP contribution in [0.1, 0.15) is 54.0 Å². The van der Waals surface area contributed by atoms with Crippen molar-refractivity contribution >= 4 is 46.1 Å². The number of piperidine rings is 1. The maximum atomic E-state index is 13.6. The van der Waals surface area contributed by atoms with Gasteiger partial charge in [-0.1, -0.05) is 91.6 Å². The van der Waals surface area contributed by atoms with Crippen molar-refractivity contribution in [1.82, 2.24) is 9.47 Å². The van der Waals surface area contributed by atoms with E-state index in [9.17, 15) is 14.9 Å². The maximum Gasteiger partial charge on any atom is 0.270 e. The van der Waals surface area contributed by atoms with Crippen LogP contribution in [0, 0.1) is 24.2 Å². The van der Waals surface area contributed by atoms with E-state index in [4.69, 9.17) is 12.2 Å². The largest absolute Gasteiger partial charge is 0.357 e. The van der Waals surface area contributed by atoms with E-state index in [1.807, 2.05) is 56.3 Å². The fourth-order valence-electron chi connectivity index (χ4n) is 5.92. The summed E-state index contributed by atoms with van der Waals surface area (Å²) in [6.07, 6.45) is 6.40. The predicted molar refractivity (Wildman–Crippen MR) is 176 cm³/mol. The van der Waals surface area contributed by atoms with Gasteiger partial charge in [-0.05, 0) is 67.7 Å². The van der Waals surface area contributed by atoms with E-state index in [-0.39, 0.29) is 17.0 Å². The van der Waals surface area contributed by atoms with Crippen LogP contribution in [0.25, 0.3) is 6.08 Å². The van der Waals surface area contributed by atoms with E-state index in [0.717, 1.165) is 55.7 Å². The van der Waals surface area contributed by atoms with Crippen molar-refractivity contribution in [2.45, 2.75) is 52.5 Å². The summed E-state index contributed by atoms with van der Waals surface area (Å²) in [5.41, 5.74) is 3.76. The van der Waals surface area contributed by atoms with Crippen molar-refractivity contribution < 1.29 is 4.79 Å². The van der Waals surface area contributed by atoms with Crippen molar-refractivity contribution in [2.24, 2.45) is 5.92 Å². The number of carbonyl (C=O) groups excluding carboxylic acids is 1. The van der Waals surface area contributed by atoms with Gasteiger partial charge in [-0.3, -0.25) is 19.1 Å². The van der Waals surface area contributed by atoms with Gasteiger partial charge in [-0.2, -0.15) is 5.26 Å². The Balaban J connectivity index is 1.46. The monoisotopic (exact) mass is 596 g/mol. The number of pyridine rings is 1. The molecule has 0 atom stereocenters. The lowest BCUT2D eigenvalue weighted by atomic mass is 9.90. The van der Waals surface area contributed by atoms with E-state index in [1.165, 1.54) is 17.3 Å². The van der Waals surface area contributed by atoms with Crippen molar-refractivity contribution in [2.75, 3.05) is 24.5 Å². The zero-order valence-corrected chi connectivity index (χ0v) is 25.8. The molecule has 3 aromatic rings. The Kier molecular flexibility index (Phi) is 9.61. The van der Waals surface area contributed by atoms with Crippen molar-refractivity contribution in [3.8, 4) is 6.07 Å². The van der Waals surface area contributed by atoms with Crippen LogP contribution in [0.3, 0.4) is 0 Å². The Bertz CT molecular complexity index is 1580. The quantitative estimate of drug-likeness (QED) is 0.212. The molecular formula is C34H36N4O2S2. The molecule has 0 spiro atoms. The molecule has 2 aliphatic heterocycles. The molecule has 0 unspecified atom stereocenters. The number of hydrogen-bond acceptors (Lipinski definition) is 6. The number of nitrogens with zero attached hydrogens (tertiary/aromatic N) is 4. The molecule has 1 aromatic heterocycles. The molecule has 8 heteroatoms. The van der Waals surface area contributed by atoms with Gasteiger partial charge < -0.3 is 4.90 Å². The molecule has 2 aromatic carbocycles. The van der Waals surface area contributed by atoms with Crippen molar-refractivity contribution in [1.29, 1.82) is 5.26 Å². The first-order valence-electron chi connectivity index (χ1n) is 14.7. The molecule has 1 amide bonds. The van der Waals surface area contributed by atoms with Crippen molar-refractivity contribution in [3.05, 3.63) is 104 Å². The minimum atomic E-state index is -0.259. The third kappa shape index (κ3) is 6.38. The first-order valence-corrected chi connectivity index (χ1v) is 15.9. The van der Waals surface area contributed by atoms with E-state index in [0.29, 0.717) is 40.2 Å². The molecule has 0 bridgehead atoms. The number of thiocarbonyl (C=S) groups is 1. The van der Waals surface area contributed by atoms with Crippen molar-refractivity contribution in [3.63, 3.8) is 0 Å². The van der Waals surface area contributed by atoms with Gasteiger partial charge in [0.1, 0.15) is 21.8 Å². The molecule has 0 radical (unpaired) electrons. The molecular weight excluding hydrogens is 561 g/mol. The second kappa shape index (κ2) is 13.5. The van der Waals surface area contributed by atoms with Crippen LogP contribution < -0.4 is 10.5 Å². The zero-order chi connectivity index (χ0) is 29.6. The number of nitriles is 1. The van der Waals surface area contributed by atoms with Gasteiger partial charge in [-0.15, -0.1) is 0 Å². The van der Waals surface area contributed by atoms with Crippen LogP contribution in [0.15, 0.2) is 70.4 Å². The second-order valence-corrected chi connectivity index (χ2v) is 12.7. The van der Waals surface area contributed by atoms with E-state index in [1.54, 1.807) is 9.47 Å². The van der Waals surface area contributed by atoms with Crippen LogP contribution in [0.2, 0.25) is 0 Å². The Morgan fingerprint density at radius 2 is 1.64 bits per heavy atom. The molecule has 216 valence electrons. The van der Waals surface area contributed by atoms with Crippen LogP contribution >= 0.6 is 24.0 Å². The van der Waals surface area contributed by atoms with E-state index < -0.39 is 0 Å². The molecule has 3 heterocycles. The molecule has 6 nitrogen and oxygen atoms in total. The van der Waals surface area contributed by atoms with Gasteiger partial charge in [-0.25, -0.2) is 0 Å². The fourth-order valence-corrected chi connectivity index (χ4v) is 7.21. The lowest BCUT2D eigenvalue weighted by molar-refractivity contribution is -0.122. The number of anilines is 1. The number of rotatable bonds is 9. The van der Waals surface area contributed by atoms with Crippen LogP contribution in [0.4, 0.5) is 5.82 Å². The van der Waals surface area contributed by atoms with Gasteiger partial charge >= 0.3 is 0 Å². The summed E-state index contributed by atoms with van der Waals surface area (Å²) in [5, 5.41) is 9.97. The molecule has 0 aliphatic carbocycles. The number of amides is 1. The number of thioether (sulfide) groups is 1. The Morgan fingerprint density at radius 1 is 1.00 bits per heavy atom. The normalized spacial score (nSPS) is 16.8. The summed E-state index contributed by atoms with van der Waals surface area (Å²) >= 11 is 6.92. The summed E-state index contributed by atoms with van der Waals surface area (Å²) in [4.78, 5) is 31.6. The molecule has 42 heavy (non-hydrogen) atoms. The second-order valence-electron chi connectivity index (χ2n) is 11.0. The highest BCUT2D eigenvalue weighted by Gasteiger charge is 2.33. The summed E-state index contributed by atoms with van der Waals surface area (Å²) in [7, 11) is 0. The van der Waals surface area contributed by atoms with E-state index in [2.05, 4.69) is 35.2 Å². The molecule has 2 aliphatic rings. The smallest absolute Gasteiger partial charge is 0.270 e. The number of aromatic nitrogens is 1. The van der Waals surface area contributed by atoms with Gasteiger partial charge in [0.25, 0.3) is 11.5 Å². The van der Waals surface area contributed by atoms with Gasteiger partial charge in [0, 0.05) is 31.7 Å². The minimum Gasteiger partial charge on any atom is -0.357 e. The lowest BCUT2D eigenvalue weighted by Gasteiger charge is -2.36. The standard InChI is InChI=1S/C34H36N4O2S2/c1-3-17-37-31(36-18-14-27(15-19-36)21-26-12-8-5-9-13-26)28(24(2)29(23-35)32(37)39)22-30-33(40)38(34(41)42-30)20-16-25-10-6-4-7-11-25/h4-13,22,27H,3,14-21H2,1-2H3/b30-22+. The summed E-state index contributed by atoms with van der Waals surface area (Å²) in [6.45, 7) is 6.49. The Labute approximate surface area is 257 Å². The zero-order valence-electron chi connectivity index (χ0n) is 24.2. The average molecular weight is 597 g/mol. The Hall–Kier alpha value is -3.67. The maximum absolute atomic E-state index is 13.6. The molecule has 0 saturated carbocycles. The molecule has 5 rings (SSSR count). The lowest BCUT2D eigenvalue weighted by Crippen LogP contribution is -2.40. The number of hydrogen-bond donors (Lipinski definition) is 0. The number of benzene rings is 2. The van der Waals surface area contributed by atoms with E-state index >= 15 is 0 Å². The Morgan fingerprint density at radius 3 is 2.26 bits per heavy atom. The van der Waals surface area contributed by atoms with Crippen LogP contribution in [-0.2, 0) is 24.2 Å². The highest BCUT2D eigenvalue weighted by molar-refractivity contribution is 8.26. The molecule has 0 N–H and O–H groups in total. The summed E-state index contributed by atoms with van der Waals surface area (Å²) in [5.74, 6) is 1.25. The molecule has 2 saturated heterocycles. The van der Waals surface area contributed by atoms with Gasteiger partial charge in [0.15, 0.2) is 0 Å². The first-order chi connectivity index (χ1) is 20.4. The molecule has 2 fully saturated rings. The first kappa shape index (κ1) is 29.8. The number of carbonyl (C=O) groups is 1. The van der Waals surface area contributed by atoms with Crippen LogP contribution in [-0.4, -0.2) is 39.3 Å². The topological polar surface area (TPSA) is 69.3 Å². The highest BCUT2D eigenvalue weighted by atomic mass is 32.2. The average Bonchev–Trinajstić information content (AvgIpc) is 3.27. The summed E-state index contributed by atoms with van der Waals surface area (Å²) in [6, 6.07) is 22.8. The van der Waals surface area contributed by atoms with Gasteiger partial charge in [0.2, 0.25) is 0 Å². The third-order valence-corrected chi connectivity index (χ3v) is 9.57. The predicted octanol–water partition coefficient (Wildman–Crippen LogP) is 6.34. The van der Waals surface area contributed by atoms with Gasteiger partial charge in [0.05, 0.1) is 4.91 Å². The minimum absolute atomic E-state index is 0.125. The summed E-state index contributed by atoms with van der Waals surface area (Å²) < 4.78 is 2.29.